The van der Waals surface area contributed by atoms with Gasteiger partial charge in [-0.1, -0.05) is 30.3 Å². The predicted octanol–water partition coefficient (Wildman–Crippen LogP) is 5.10. The van der Waals surface area contributed by atoms with Crippen molar-refractivity contribution in [3.8, 4) is 17.2 Å². The molecule has 2 aromatic heterocycles. The Morgan fingerprint density at radius 3 is 2.74 bits per heavy atom. The van der Waals surface area contributed by atoms with E-state index in [1.165, 1.54) is 0 Å². The lowest BCUT2D eigenvalue weighted by Crippen LogP contribution is -2.01. The van der Waals surface area contributed by atoms with E-state index < -0.39 is 5.97 Å². The molecule has 0 aliphatic carbocycles. The molecule has 0 amide bonds. The lowest BCUT2D eigenvalue weighted by Gasteiger charge is -2.05. The van der Waals surface area contributed by atoms with E-state index in [4.69, 9.17) is 14.3 Å². The molecule has 0 atom stereocenters. The quantitative estimate of drug-likeness (QED) is 0.395. The summed E-state index contributed by atoms with van der Waals surface area (Å²) >= 11 is 1.60. The summed E-state index contributed by atoms with van der Waals surface area (Å²) in [6, 6.07) is 17.0. The van der Waals surface area contributed by atoms with Crippen LogP contribution in [0.1, 0.15) is 27.7 Å². The molecule has 0 radical (unpaired) electrons. The zero-order chi connectivity index (χ0) is 21.6. The molecule has 0 saturated carbocycles. The topological polar surface area (TPSA) is 85.5 Å². The number of oxazole rings is 1. The van der Waals surface area contributed by atoms with Gasteiger partial charge in [0.2, 0.25) is 5.89 Å². The second kappa shape index (κ2) is 9.57. The fourth-order valence-electron chi connectivity index (χ4n) is 3.20. The minimum Gasteiger partial charge on any atom is -0.487 e. The van der Waals surface area contributed by atoms with Gasteiger partial charge in [-0.05, 0) is 43.2 Å². The molecule has 0 unspecified atom stereocenters. The first-order chi connectivity index (χ1) is 15.1. The van der Waals surface area contributed by atoms with E-state index in [1.54, 1.807) is 29.5 Å². The molecule has 0 aliphatic heterocycles. The van der Waals surface area contributed by atoms with Gasteiger partial charge in [-0.3, -0.25) is 4.79 Å². The van der Waals surface area contributed by atoms with E-state index in [2.05, 4.69) is 9.97 Å². The molecule has 0 spiro atoms. The zero-order valence-electron chi connectivity index (χ0n) is 17.1. The number of hydrogen-bond donors (Lipinski definition) is 1. The number of carboxylic acid groups (broad SMARTS) is 1. The number of hydrogen-bond acceptors (Lipinski definition) is 6. The summed E-state index contributed by atoms with van der Waals surface area (Å²) in [6.45, 7) is 2.28. The Hall–Kier alpha value is -3.45. The van der Waals surface area contributed by atoms with E-state index in [-0.39, 0.29) is 6.42 Å². The number of nitrogens with zero attached hydrogens (tertiary/aromatic N) is 2. The lowest BCUT2D eigenvalue weighted by atomic mass is 10.1. The highest BCUT2D eigenvalue weighted by atomic mass is 32.1. The Morgan fingerprint density at radius 2 is 1.94 bits per heavy atom. The smallest absolute Gasteiger partial charge is 0.307 e. The summed E-state index contributed by atoms with van der Waals surface area (Å²) in [4.78, 5) is 20.2. The van der Waals surface area contributed by atoms with Crippen LogP contribution in [0.25, 0.3) is 11.5 Å². The van der Waals surface area contributed by atoms with Crippen molar-refractivity contribution < 1.29 is 19.1 Å². The van der Waals surface area contributed by atoms with Crippen LogP contribution in [0.4, 0.5) is 0 Å². The average molecular weight is 435 g/mol. The van der Waals surface area contributed by atoms with Crippen molar-refractivity contribution in [2.75, 3.05) is 0 Å². The van der Waals surface area contributed by atoms with Crippen molar-refractivity contribution in [1.29, 1.82) is 0 Å². The van der Waals surface area contributed by atoms with Gasteiger partial charge >= 0.3 is 5.97 Å². The Bertz CT molecular complexity index is 1170. The summed E-state index contributed by atoms with van der Waals surface area (Å²) in [5.74, 6) is 1.26. The van der Waals surface area contributed by atoms with Gasteiger partial charge in [0.05, 0.1) is 22.8 Å². The maximum Gasteiger partial charge on any atom is 0.307 e. The maximum atomic E-state index is 10.9. The minimum atomic E-state index is -0.862. The highest BCUT2D eigenvalue weighted by Crippen LogP contribution is 2.23. The van der Waals surface area contributed by atoms with Gasteiger partial charge in [0.15, 0.2) is 0 Å². The van der Waals surface area contributed by atoms with Crippen LogP contribution in [-0.2, 0) is 30.7 Å². The SMILES string of the molecule is Cc1oc(-c2ccccc2)nc1CCc1nc(COc2cccc(CC(=O)O)c2)cs1. The second-order valence-electron chi connectivity index (χ2n) is 7.13. The van der Waals surface area contributed by atoms with Crippen LogP contribution < -0.4 is 4.74 Å². The normalized spacial score (nSPS) is 10.9. The molecule has 0 aliphatic rings. The van der Waals surface area contributed by atoms with Gasteiger partial charge in [-0.2, -0.15) is 0 Å². The minimum absolute atomic E-state index is 0.0223. The molecule has 0 fully saturated rings. The monoisotopic (exact) mass is 434 g/mol. The van der Waals surface area contributed by atoms with E-state index in [1.807, 2.05) is 48.7 Å². The lowest BCUT2D eigenvalue weighted by molar-refractivity contribution is -0.136. The van der Waals surface area contributed by atoms with Gasteiger partial charge in [-0.25, -0.2) is 9.97 Å². The van der Waals surface area contributed by atoms with E-state index in [0.717, 1.165) is 40.6 Å². The van der Waals surface area contributed by atoms with Gasteiger partial charge in [-0.15, -0.1) is 11.3 Å². The first-order valence-corrected chi connectivity index (χ1v) is 10.8. The highest BCUT2D eigenvalue weighted by Gasteiger charge is 2.12. The number of benzene rings is 2. The number of aromatic nitrogens is 2. The molecule has 7 heteroatoms. The number of rotatable bonds is 9. The Balaban J connectivity index is 1.33. The van der Waals surface area contributed by atoms with Crippen LogP contribution in [0.15, 0.2) is 64.4 Å². The summed E-state index contributed by atoms with van der Waals surface area (Å²) in [5.41, 5.74) is 3.48. The summed E-state index contributed by atoms with van der Waals surface area (Å²) < 4.78 is 11.6. The highest BCUT2D eigenvalue weighted by molar-refractivity contribution is 7.09. The Morgan fingerprint density at radius 1 is 1.10 bits per heavy atom. The van der Waals surface area contributed by atoms with Crippen LogP contribution in [0.2, 0.25) is 0 Å². The number of aryl methyl sites for hydroxylation is 3. The number of thiazole rings is 1. The largest absolute Gasteiger partial charge is 0.487 e. The maximum absolute atomic E-state index is 10.9. The van der Waals surface area contributed by atoms with Crippen LogP contribution in [-0.4, -0.2) is 21.0 Å². The summed E-state index contributed by atoms with van der Waals surface area (Å²) in [7, 11) is 0. The number of carbonyl (C=O) groups is 1. The van der Waals surface area contributed by atoms with Crippen LogP contribution in [0.3, 0.4) is 0 Å². The molecule has 4 rings (SSSR count). The van der Waals surface area contributed by atoms with Crippen LogP contribution in [0.5, 0.6) is 5.75 Å². The second-order valence-corrected chi connectivity index (χ2v) is 8.07. The third kappa shape index (κ3) is 5.58. The fraction of sp³-hybridized carbons (Fsp3) is 0.208. The van der Waals surface area contributed by atoms with Crippen molar-refractivity contribution in [2.45, 2.75) is 32.8 Å². The molecule has 2 heterocycles. The fourth-order valence-corrected chi connectivity index (χ4v) is 3.98. The van der Waals surface area contributed by atoms with E-state index in [0.29, 0.717) is 23.8 Å². The molecule has 2 aromatic carbocycles. The van der Waals surface area contributed by atoms with Crippen molar-refractivity contribution in [2.24, 2.45) is 0 Å². The first-order valence-electron chi connectivity index (χ1n) is 9.95. The van der Waals surface area contributed by atoms with Gasteiger partial charge < -0.3 is 14.3 Å². The molecule has 6 nitrogen and oxygen atoms in total. The number of carboxylic acids is 1. The van der Waals surface area contributed by atoms with Gasteiger partial charge in [0.1, 0.15) is 18.1 Å². The number of aliphatic carboxylic acids is 1. The van der Waals surface area contributed by atoms with Crippen molar-refractivity contribution in [1.82, 2.24) is 9.97 Å². The van der Waals surface area contributed by atoms with E-state index in [9.17, 15) is 4.79 Å². The molecule has 31 heavy (non-hydrogen) atoms. The standard InChI is InChI=1S/C24H22N2O4S/c1-16-21(26-24(30-16)18-7-3-2-4-8-18)10-11-22-25-19(15-31-22)14-29-20-9-5-6-17(12-20)13-23(27)28/h2-9,12,15H,10-11,13-14H2,1H3,(H,27,28). The third-order valence-corrected chi connectivity index (χ3v) is 5.69. The van der Waals surface area contributed by atoms with Crippen molar-refractivity contribution in [3.63, 3.8) is 0 Å². The number of ether oxygens (including phenoxy) is 1. The predicted molar refractivity (Wildman–Crippen MR) is 118 cm³/mol. The van der Waals surface area contributed by atoms with Crippen molar-refractivity contribution >= 4 is 17.3 Å². The van der Waals surface area contributed by atoms with E-state index >= 15 is 0 Å². The molecule has 0 saturated heterocycles. The average Bonchev–Trinajstić information content (AvgIpc) is 3.37. The summed E-state index contributed by atoms with van der Waals surface area (Å²) in [6.07, 6.45) is 1.51. The van der Waals surface area contributed by atoms with Gasteiger partial charge in [0, 0.05) is 17.4 Å². The third-order valence-electron chi connectivity index (χ3n) is 4.73. The molecular formula is C24H22N2O4S. The van der Waals surface area contributed by atoms with Crippen LogP contribution >= 0.6 is 11.3 Å². The first kappa shape index (κ1) is 20.8. The Labute approximate surface area is 184 Å². The molecule has 0 bridgehead atoms. The van der Waals surface area contributed by atoms with Crippen molar-refractivity contribution in [3.05, 3.63) is 87.7 Å². The Kier molecular flexibility index (Phi) is 6.43. The van der Waals surface area contributed by atoms with Gasteiger partial charge in [0.25, 0.3) is 0 Å². The van der Waals surface area contributed by atoms with Crippen LogP contribution in [0, 0.1) is 6.92 Å². The zero-order valence-corrected chi connectivity index (χ0v) is 17.9. The summed E-state index contributed by atoms with van der Waals surface area (Å²) in [5, 5.41) is 11.9. The molecule has 1 N–H and O–H groups in total. The molecule has 4 aromatic rings. The molecule has 158 valence electrons. The molecular weight excluding hydrogens is 412 g/mol.